The lowest BCUT2D eigenvalue weighted by Gasteiger charge is -2.44. The van der Waals surface area contributed by atoms with Crippen molar-refractivity contribution in [3.8, 4) is 0 Å². The molecule has 3 nitrogen and oxygen atoms in total. The van der Waals surface area contributed by atoms with Crippen LogP contribution in [0.25, 0.3) is 10.1 Å². The number of benzene rings is 1. The Morgan fingerprint density at radius 2 is 2.05 bits per heavy atom. The third-order valence-corrected chi connectivity index (χ3v) is 5.73. The Hall–Kier alpha value is -1.39. The van der Waals surface area contributed by atoms with Gasteiger partial charge in [-0.05, 0) is 30.4 Å². The average Bonchev–Trinajstić information content (AvgIpc) is 2.80. The standard InChI is InChI=1S/C16H19NO2S/c1-10(16(18)19)13-8-17(9-13)11(2)15-7-12-5-3-4-6-14(12)20-15/h3-7,10-11,13H,8-9H2,1-2H3,(H,18,19). The van der Waals surface area contributed by atoms with Crippen LogP contribution in [0.5, 0.6) is 0 Å². The molecule has 2 aromatic rings. The lowest BCUT2D eigenvalue weighted by atomic mass is 9.86. The minimum absolute atomic E-state index is 0.235. The number of likely N-dealkylation sites (tertiary alicyclic amines) is 1. The average molecular weight is 289 g/mol. The summed E-state index contributed by atoms with van der Waals surface area (Å²) in [6, 6.07) is 11.1. The molecule has 2 unspecified atom stereocenters. The van der Waals surface area contributed by atoms with Crippen molar-refractivity contribution in [2.45, 2.75) is 19.9 Å². The van der Waals surface area contributed by atoms with Crippen LogP contribution >= 0.6 is 11.3 Å². The Morgan fingerprint density at radius 3 is 2.70 bits per heavy atom. The fourth-order valence-corrected chi connectivity index (χ4v) is 3.92. The predicted molar refractivity (Wildman–Crippen MR) is 82.1 cm³/mol. The highest BCUT2D eigenvalue weighted by Crippen LogP contribution is 2.37. The van der Waals surface area contributed by atoms with Gasteiger partial charge in [-0.25, -0.2) is 0 Å². The quantitative estimate of drug-likeness (QED) is 0.934. The fourth-order valence-electron chi connectivity index (χ4n) is 2.77. The predicted octanol–water partition coefficient (Wildman–Crippen LogP) is 3.61. The Bertz CT molecular complexity index is 597. The van der Waals surface area contributed by atoms with Crippen molar-refractivity contribution in [2.75, 3.05) is 13.1 Å². The third-order valence-electron chi connectivity index (χ3n) is 4.44. The molecule has 2 atom stereocenters. The third kappa shape index (κ3) is 2.34. The number of carbonyl (C=O) groups is 1. The summed E-state index contributed by atoms with van der Waals surface area (Å²) >= 11 is 1.84. The first-order valence-electron chi connectivity index (χ1n) is 7.01. The van der Waals surface area contributed by atoms with E-state index in [-0.39, 0.29) is 5.92 Å². The van der Waals surface area contributed by atoms with Gasteiger partial charge in [-0.2, -0.15) is 0 Å². The van der Waals surface area contributed by atoms with Crippen LogP contribution in [0, 0.1) is 11.8 Å². The van der Waals surface area contributed by atoms with Crippen LogP contribution in [0.1, 0.15) is 24.8 Å². The summed E-state index contributed by atoms with van der Waals surface area (Å²) in [7, 11) is 0. The Labute approximate surface area is 122 Å². The molecule has 3 rings (SSSR count). The van der Waals surface area contributed by atoms with Gasteiger partial charge in [0, 0.05) is 28.7 Å². The summed E-state index contributed by atoms with van der Waals surface area (Å²) in [6.45, 7) is 5.81. The van der Waals surface area contributed by atoms with Crippen LogP contribution in [0.15, 0.2) is 30.3 Å². The number of thiophene rings is 1. The van der Waals surface area contributed by atoms with E-state index in [4.69, 9.17) is 5.11 Å². The molecular weight excluding hydrogens is 270 g/mol. The van der Waals surface area contributed by atoms with Gasteiger partial charge in [-0.1, -0.05) is 25.1 Å². The van der Waals surface area contributed by atoms with Crippen LogP contribution < -0.4 is 0 Å². The van der Waals surface area contributed by atoms with Crippen LogP contribution in [0.3, 0.4) is 0 Å². The second-order valence-corrected chi connectivity index (χ2v) is 6.82. The van der Waals surface area contributed by atoms with Gasteiger partial charge in [0.05, 0.1) is 5.92 Å². The normalized spacial score (nSPS) is 19.7. The number of carboxylic acids is 1. The highest BCUT2D eigenvalue weighted by Gasteiger charge is 2.37. The molecule has 20 heavy (non-hydrogen) atoms. The number of rotatable bonds is 4. The maximum absolute atomic E-state index is 11.0. The van der Waals surface area contributed by atoms with Gasteiger partial charge in [-0.3, -0.25) is 9.69 Å². The first kappa shape index (κ1) is 13.6. The van der Waals surface area contributed by atoms with Crippen LogP contribution in [0.2, 0.25) is 0 Å². The maximum Gasteiger partial charge on any atom is 0.306 e. The van der Waals surface area contributed by atoms with E-state index >= 15 is 0 Å². The molecular formula is C16H19NO2S. The van der Waals surface area contributed by atoms with E-state index in [1.54, 1.807) is 0 Å². The van der Waals surface area contributed by atoms with Crippen molar-refractivity contribution in [3.05, 3.63) is 35.2 Å². The van der Waals surface area contributed by atoms with E-state index in [2.05, 4.69) is 42.2 Å². The van der Waals surface area contributed by atoms with E-state index in [1.807, 2.05) is 18.3 Å². The molecule has 0 amide bonds. The molecule has 4 heteroatoms. The largest absolute Gasteiger partial charge is 0.481 e. The monoisotopic (exact) mass is 289 g/mol. The number of aliphatic carboxylic acids is 1. The van der Waals surface area contributed by atoms with E-state index < -0.39 is 5.97 Å². The molecule has 0 radical (unpaired) electrons. The Kier molecular flexibility index (Phi) is 3.52. The Balaban J connectivity index is 1.68. The van der Waals surface area contributed by atoms with Gasteiger partial charge in [-0.15, -0.1) is 11.3 Å². The molecule has 1 fully saturated rings. The van der Waals surface area contributed by atoms with Gasteiger partial charge in [0.1, 0.15) is 0 Å². The summed E-state index contributed by atoms with van der Waals surface area (Å²) in [5, 5.41) is 10.3. The summed E-state index contributed by atoms with van der Waals surface area (Å²) in [6.07, 6.45) is 0. The lowest BCUT2D eigenvalue weighted by Crippen LogP contribution is -2.51. The van der Waals surface area contributed by atoms with Crippen molar-refractivity contribution >= 4 is 27.4 Å². The number of nitrogens with zero attached hydrogens (tertiary/aromatic N) is 1. The first-order chi connectivity index (χ1) is 9.56. The Morgan fingerprint density at radius 1 is 1.35 bits per heavy atom. The molecule has 0 bridgehead atoms. The second kappa shape index (κ2) is 5.19. The minimum atomic E-state index is -0.677. The SMILES string of the molecule is CC(C(=O)O)C1CN(C(C)c2cc3ccccc3s2)C1. The maximum atomic E-state index is 11.0. The van der Waals surface area contributed by atoms with Gasteiger partial charge < -0.3 is 5.11 Å². The van der Waals surface area contributed by atoms with Crippen molar-refractivity contribution < 1.29 is 9.90 Å². The van der Waals surface area contributed by atoms with E-state index in [1.165, 1.54) is 15.0 Å². The molecule has 1 aliphatic heterocycles. The van der Waals surface area contributed by atoms with Crippen molar-refractivity contribution in [1.82, 2.24) is 4.90 Å². The molecule has 1 aromatic heterocycles. The van der Waals surface area contributed by atoms with Crippen molar-refractivity contribution in [2.24, 2.45) is 11.8 Å². The second-order valence-electron chi connectivity index (χ2n) is 5.70. The highest BCUT2D eigenvalue weighted by atomic mass is 32.1. The number of carboxylic acid groups (broad SMARTS) is 1. The number of hydrogen-bond acceptors (Lipinski definition) is 3. The van der Waals surface area contributed by atoms with Crippen molar-refractivity contribution in [3.63, 3.8) is 0 Å². The van der Waals surface area contributed by atoms with E-state index in [0.717, 1.165) is 13.1 Å². The van der Waals surface area contributed by atoms with E-state index in [9.17, 15) is 4.79 Å². The molecule has 2 heterocycles. The fraction of sp³-hybridized carbons (Fsp3) is 0.438. The summed E-state index contributed by atoms with van der Waals surface area (Å²) in [4.78, 5) is 14.7. The molecule has 1 N–H and O–H groups in total. The lowest BCUT2D eigenvalue weighted by molar-refractivity contribution is -0.145. The summed E-state index contributed by atoms with van der Waals surface area (Å²) < 4.78 is 1.32. The molecule has 1 aromatic carbocycles. The smallest absolute Gasteiger partial charge is 0.306 e. The summed E-state index contributed by atoms with van der Waals surface area (Å²) in [5.74, 6) is -0.616. The minimum Gasteiger partial charge on any atom is -0.481 e. The first-order valence-corrected chi connectivity index (χ1v) is 7.83. The van der Waals surface area contributed by atoms with Gasteiger partial charge in [0.2, 0.25) is 0 Å². The topological polar surface area (TPSA) is 40.5 Å². The van der Waals surface area contributed by atoms with Crippen LogP contribution in [-0.2, 0) is 4.79 Å². The van der Waals surface area contributed by atoms with E-state index in [0.29, 0.717) is 12.0 Å². The molecule has 0 saturated carbocycles. The zero-order chi connectivity index (χ0) is 14.3. The molecule has 1 saturated heterocycles. The molecule has 1 aliphatic rings. The molecule has 106 valence electrons. The van der Waals surface area contributed by atoms with Gasteiger partial charge >= 0.3 is 5.97 Å². The zero-order valence-corrected chi connectivity index (χ0v) is 12.6. The number of hydrogen-bond donors (Lipinski definition) is 1. The van der Waals surface area contributed by atoms with Crippen LogP contribution in [-0.4, -0.2) is 29.1 Å². The molecule has 0 aliphatic carbocycles. The van der Waals surface area contributed by atoms with Crippen molar-refractivity contribution in [1.29, 1.82) is 0 Å². The van der Waals surface area contributed by atoms with Gasteiger partial charge in [0.15, 0.2) is 0 Å². The zero-order valence-electron chi connectivity index (χ0n) is 11.7. The highest BCUT2D eigenvalue weighted by molar-refractivity contribution is 7.19. The number of fused-ring (bicyclic) bond motifs is 1. The summed E-state index contributed by atoms with van der Waals surface area (Å²) in [5.41, 5.74) is 0. The molecule has 0 spiro atoms. The van der Waals surface area contributed by atoms with Crippen LogP contribution in [0.4, 0.5) is 0 Å². The van der Waals surface area contributed by atoms with Gasteiger partial charge in [0.25, 0.3) is 0 Å².